The first-order valence-electron chi connectivity index (χ1n) is 11.4. The number of allylic oxidation sites excluding steroid dienone is 2. The van der Waals surface area contributed by atoms with Crippen molar-refractivity contribution in [3.63, 3.8) is 0 Å². The van der Waals surface area contributed by atoms with E-state index in [4.69, 9.17) is 4.74 Å². The summed E-state index contributed by atoms with van der Waals surface area (Å²) in [6.45, 7) is 19.6. The Hall–Kier alpha value is -2.54. The van der Waals surface area contributed by atoms with Crippen molar-refractivity contribution in [3.05, 3.63) is 96.6 Å². The average Bonchev–Trinajstić information content (AvgIpc) is 2.72. The first kappa shape index (κ1) is 23.1. The summed E-state index contributed by atoms with van der Waals surface area (Å²) < 4.78 is 6.54. The van der Waals surface area contributed by atoms with Crippen LogP contribution >= 0.6 is 0 Å². The number of benzene rings is 2. The number of rotatable bonds is 7. The fraction of sp³-hybridized carbons (Fsp3) is 0.400. The maximum Gasteiger partial charge on any atom is 0.119 e. The molecule has 1 nitrogen and oxygen atoms in total. The van der Waals surface area contributed by atoms with Crippen LogP contribution in [0, 0.1) is 23.7 Å². The summed E-state index contributed by atoms with van der Waals surface area (Å²) in [5, 5.41) is 0. The Morgan fingerprint density at radius 3 is 2.23 bits per heavy atom. The molecule has 0 bridgehead atoms. The fourth-order valence-corrected chi connectivity index (χ4v) is 5.40. The van der Waals surface area contributed by atoms with Crippen LogP contribution in [0.15, 0.2) is 79.9 Å². The van der Waals surface area contributed by atoms with Crippen LogP contribution in [0.25, 0.3) is 6.08 Å². The molecular weight excluding hydrogens is 376 g/mol. The monoisotopic (exact) mass is 414 g/mol. The Balaban J connectivity index is 1.71. The van der Waals surface area contributed by atoms with Crippen molar-refractivity contribution in [1.82, 2.24) is 0 Å². The summed E-state index contributed by atoms with van der Waals surface area (Å²) >= 11 is 0. The molecule has 0 aliphatic heterocycles. The minimum atomic E-state index is -0.0229. The molecule has 3 rings (SSSR count). The second kappa shape index (κ2) is 9.30. The first-order chi connectivity index (χ1) is 14.7. The molecule has 0 N–H and O–H groups in total. The van der Waals surface area contributed by atoms with Gasteiger partial charge in [-0.1, -0.05) is 94.0 Å². The maximum atomic E-state index is 6.54. The highest BCUT2D eigenvalue weighted by atomic mass is 16.5. The molecule has 1 heteroatoms. The van der Waals surface area contributed by atoms with E-state index in [2.05, 4.69) is 115 Å². The Kier molecular flexibility index (Phi) is 6.94. The van der Waals surface area contributed by atoms with E-state index in [1.807, 2.05) is 6.08 Å². The van der Waals surface area contributed by atoms with Crippen molar-refractivity contribution in [3.8, 4) is 5.75 Å². The molecule has 0 amide bonds. The van der Waals surface area contributed by atoms with Crippen LogP contribution in [0.4, 0.5) is 0 Å². The number of aryl methyl sites for hydroxylation is 1. The van der Waals surface area contributed by atoms with Gasteiger partial charge in [0.15, 0.2) is 0 Å². The predicted octanol–water partition coefficient (Wildman–Crippen LogP) is 8.37. The maximum absolute atomic E-state index is 6.54. The van der Waals surface area contributed by atoms with E-state index in [1.165, 1.54) is 17.5 Å². The highest BCUT2D eigenvalue weighted by molar-refractivity contribution is 5.53. The van der Waals surface area contributed by atoms with Crippen LogP contribution in [-0.4, -0.2) is 6.10 Å². The lowest BCUT2D eigenvalue weighted by atomic mass is 9.59. The van der Waals surface area contributed by atoms with Crippen molar-refractivity contribution >= 4 is 6.08 Å². The van der Waals surface area contributed by atoms with Crippen LogP contribution < -0.4 is 4.74 Å². The van der Waals surface area contributed by atoms with Crippen LogP contribution in [0.3, 0.4) is 0 Å². The lowest BCUT2D eigenvalue weighted by Crippen LogP contribution is -2.48. The molecule has 0 saturated heterocycles. The van der Waals surface area contributed by atoms with Gasteiger partial charge in [0.1, 0.15) is 11.9 Å². The van der Waals surface area contributed by atoms with Gasteiger partial charge in [0.05, 0.1) is 0 Å². The molecule has 0 radical (unpaired) electrons. The summed E-state index contributed by atoms with van der Waals surface area (Å²) in [6.07, 6.45) is 10.9. The Morgan fingerprint density at radius 2 is 1.65 bits per heavy atom. The molecule has 1 fully saturated rings. The molecule has 1 aliphatic rings. The van der Waals surface area contributed by atoms with Gasteiger partial charge in [0.25, 0.3) is 0 Å². The number of hydrogen-bond acceptors (Lipinski definition) is 1. The molecule has 0 heterocycles. The normalized spacial score (nSPS) is 26.4. The first-order valence-corrected chi connectivity index (χ1v) is 11.4. The molecular formula is C30H38O. The van der Waals surface area contributed by atoms with Gasteiger partial charge >= 0.3 is 0 Å². The minimum absolute atomic E-state index is 0.0229. The average molecular weight is 415 g/mol. The fourth-order valence-electron chi connectivity index (χ4n) is 5.40. The lowest BCUT2D eigenvalue weighted by Gasteiger charge is -2.49. The smallest absolute Gasteiger partial charge is 0.119 e. The lowest BCUT2D eigenvalue weighted by molar-refractivity contribution is -0.0370. The molecule has 4 unspecified atom stereocenters. The van der Waals surface area contributed by atoms with Crippen molar-refractivity contribution in [2.45, 2.75) is 59.5 Å². The summed E-state index contributed by atoms with van der Waals surface area (Å²) in [7, 11) is 0. The third-order valence-electron chi connectivity index (χ3n) is 6.72. The zero-order valence-electron chi connectivity index (χ0n) is 19.9. The standard InChI is InChI=1S/C30H38O/c1-8-25(26-15-10-22(3)11-16-26)17-12-24-13-18-27(19-14-24)31-28-23(4)20-29(5,6)21-30(28,7)9-2/h8-19,23,25,28H,1-2,20-21H2,3-7H3/b17-12-. The van der Waals surface area contributed by atoms with E-state index in [0.29, 0.717) is 11.3 Å². The van der Waals surface area contributed by atoms with Crippen molar-refractivity contribution in [2.24, 2.45) is 16.7 Å². The summed E-state index contributed by atoms with van der Waals surface area (Å²) in [4.78, 5) is 0. The Morgan fingerprint density at radius 1 is 1.00 bits per heavy atom. The van der Waals surface area contributed by atoms with E-state index >= 15 is 0 Å². The minimum Gasteiger partial charge on any atom is -0.489 e. The topological polar surface area (TPSA) is 9.23 Å². The van der Waals surface area contributed by atoms with E-state index < -0.39 is 0 Å². The van der Waals surface area contributed by atoms with Gasteiger partial charge in [-0.3, -0.25) is 0 Å². The zero-order valence-corrected chi connectivity index (χ0v) is 19.9. The van der Waals surface area contributed by atoms with Gasteiger partial charge in [-0.25, -0.2) is 0 Å². The van der Waals surface area contributed by atoms with Crippen LogP contribution in [0.5, 0.6) is 5.75 Å². The Labute approximate surface area is 189 Å². The summed E-state index contributed by atoms with van der Waals surface area (Å²) in [6, 6.07) is 17.1. The van der Waals surface area contributed by atoms with E-state index in [0.717, 1.165) is 17.7 Å². The predicted molar refractivity (Wildman–Crippen MR) is 134 cm³/mol. The van der Waals surface area contributed by atoms with Gasteiger partial charge in [-0.2, -0.15) is 0 Å². The van der Waals surface area contributed by atoms with Gasteiger partial charge in [-0.15, -0.1) is 13.2 Å². The van der Waals surface area contributed by atoms with Crippen LogP contribution in [-0.2, 0) is 0 Å². The Bertz CT molecular complexity index is 916. The largest absolute Gasteiger partial charge is 0.489 e. The molecule has 164 valence electrons. The van der Waals surface area contributed by atoms with Crippen molar-refractivity contribution in [1.29, 1.82) is 0 Å². The molecule has 1 aliphatic carbocycles. The van der Waals surface area contributed by atoms with Crippen LogP contribution in [0.2, 0.25) is 0 Å². The molecule has 0 spiro atoms. The second-order valence-electron chi connectivity index (χ2n) is 10.4. The van der Waals surface area contributed by atoms with E-state index in [1.54, 1.807) is 0 Å². The highest BCUT2D eigenvalue weighted by Gasteiger charge is 2.47. The molecule has 2 aromatic carbocycles. The molecule has 0 aromatic heterocycles. The zero-order chi connectivity index (χ0) is 22.6. The van der Waals surface area contributed by atoms with Crippen molar-refractivity contribution in [2.75, 3.05) is 0 Å². The molecule has 31 heavy (non-hydrogen) atoms. The SMILES string of the molecule is C=CC(/C=C\c1ccc(OC2C(C)CC(C)(C)CC2(C)C=C)cc1)c1ccc(C)cc1. The van der Waals surface area contributed by atoms with E-state index in [9.17, 15) is 0 Å². The second-order valence-corrected chi connectivity index (χ2v) is 10.4. The van der Waals surface area contributed by atoms with Gasteiger partial charge < -0.3 is 4.74 Å². The third-order valence-corrected chi connectivity index (χ3v) is 6.72. The molecule has 2 aromatic rings. The highest BCUT2D eigenvalue weighted by Crippen LogP contribution is 2.50. The quantitative estimate of drug-likeness (QED) is 0.413. The molecule has 1 saturated carbocycles. The van der Waals surface area contributed by atoms with Crippen molar-refractivity contribution < 1.29 is 4.74 Å². The summed E-state index contributed by atoms with van der Waals surface area (Å²) in [5.74, 6) is 1.62. The molecule has 4 atom stereocenters. The number of ether oxygens (including phenoxy) is 1. The van der Waals surface area contributed by atoms with Gasteiger partial charge in [0, 0.05) is 11.3 Å². The number of hydrogen-bond donors (Lipinski definition) is 0. The van der Waals surface area contributed by atoms with Crippen LogP contribution in [0.1, 0.15) is 63.1 Å². The van der Waals surface area contributed by atoms with E-state index in [-0.39, 0.29) is 17.4 Å². The van der Waals surface area contributed by atoms with Gasteiger partial charge in [0.2, 0.25) is 0 Å². The van der Waals surface area contributed by atoms with Gasteiger partial charge in [-0.05, 0) is 54.4 Å². The summed E-state index contributed by atoms with van der Waals surface area (Å²) in [5.41, 5.74) is 3.99. The third kappa shape index (κ3) is 5.58.